The summed E-state index contributed by atoms with van der Waals surface area (Å²) in [5, 5.41) is 3.05. The number of benzene rings is 1. The van der Waals surface area contributed by atoms with Crippen LogP contribution < -0.4 is 5.32 Å². The fourth-order valence-electron chi connectivity index (χ4n) is 1.54. The fourth-order valence-corrected chi connectivity index (χ4v) is 2.66. The van der Waals surface area contributed by atoms with E-state index in [9.17, 15) is 4.39 Å². The molecule has 0 aliphatic heterocycles. The largest absolute Gasteiger partial charge is 0.377 e. The SMILES string of the molecule is Cc1cccc(NCc2ncc(Br)cc2Br)c1F. The summed E-state index contributed by atoms with van der Waals surface area (Å²) in [7, 11) is 0. The fraction of sp³-hybridized carbons (Fsp3) is 0.154. The lowest BCUT2D eigenvalue weighted by molar-refractivity contribution is 0.621. The number of hydrogen-bond acceptors (Lipinski definition) is 2. The molecule has 1 aromatic heterocycles. The van der Waals surface area contributed by atoms with Gasteiger partial charge in [-0.3, -0.25) is 4.98 Å². The lowest BCUT2D eigenvalue weighted by Gasteiger charge is -2.09. The van der Waals surface area contributed by atoms with Crippen molar-refractivity contribution in [3.8, 4) is 0 Å². The van der Waals surface area contributed by atoms with Crippen molar-refractivity contribution in [3.05, 3.63) is 56.5 Å². The molecule has 2 nitrogen and oxygen atoms in total. The van der Waals surface area contributed by atoms with Crippen LogP contribution in [-0.2, 0) is 6.54 Å². The van der Waals surface area contributed by atoms with Crippen LogP contribution in [0.3, 0.4) is 0 Å². The molecule has 1 N–H and O–H groups in total. The van der Waals surface area contributed by atoms with Crippen molar-refractivity contribution < 1.29 is 4.39 Å². The molecule has 1 heterocycles. The molecule has 2 aromatic rings. The number of pyridine rings is 1. The molecule has 0 saturated carbocycles. The number of rotatable bonds is 3. The van der Waals surface area contributed by atoms with E-state index >= 15 is 0 Å². The van der Waals surface area contributed by atoms with Crippen molar-refractivity contribution >= 4 is 37.5 Å². The monoisotopic (exact) mass is 372 g/mol. The Morgan fingerprint density at radius 1 is 1.33 bits per heavy atom. The first-order valence-electron chi connectivity index (χ1n) is 5.37. The molecule has 0 unspecified atom stereocenters. The van der Waals surface area contributed by atoms with Gasteiger partial charge in [0.1, 0.15) is 5.82 Å². The first-order valence-corrected chi connectivity index (χ1v) is 6.95. The molecule has 1 aromatic carbocycles. The van der Waals surface area contributed by atoms with Crippen molar-refractivity contribution in [2.24, 2.45) is 0 Å². The van der Waals surface area contributed by atoms with Gasteiger partial charge >= 0.3 is 0 Å². The van der Waals surface area contributed by atoms with Gasteiger partial charge in [-0.2, -0.15) is 0 Å². The predicted molar refractivity (Wildman–Crippen MR) is 78.1 cm³/mol. The standard InChI is InChI=1S/C13H11Br2FN2/c1-8-3-2-4-11(13(8)16)18-7-12-10(15)5-9(14)6-17-12/h2-6,18H,7H2,1H3. The molecule has 0 aliphatic rings. The highest BCUT2D eigenvalue weighted by atomic mass is 79.9. The number of anilines is 1. The topological polar surface area (TPSA) is 24.9 Å². The minimum Gasteiger partial charge on any atom is -0.377 e. The summed E-state index contributed by atoms with van der Waals surface area (Å²) in [6.07, 6.45) is 1.72. The van der Waals surface area contributed by atoms with Crippen LogP contribution >= 0.6 is 31.9 Å². The zero-order valence-corrected chi connectivity index (χ0v) is 12.8. The highest BCUT2D eigenvalue weighted by molar-refractivity contribution is 9.11. The first kappa shape index (κ1) is 13.5. The molecule has 0 radical (unpaired) electrons. The number of halogens is 3. The van der Waals surface area contributed by atoms with Crippen LogP contribution in [0.15, 0.2) is 39.4 Å². The lowest BCUT2D eigenvalue weighted by Crippen LogP contribution is -2.04. The average Bonchev–Trinajstić information content (AvgIpc) is 2.33. The van der Waals surface area contributed by atoms with E-state index in [0.29, 0.717) is 17.8 Å². The van der Waals surface area contributed by atoms with Crippen molar-refractivity contribution in [1.29, 1.82) is 0 Å². The number of nitrogens with zero attached hydrogens (tertiary/aromatic N) is 1. The molecule has 0 spiro atoms. The molecule has 0 amide bonds. The third-order valence-electron chi connectivity index (χ3n) is 2.52. The normalized spacial score (nSPS) is 10.4. The molecule has 0 bridgehead atoms. The van der Waals surface area contributed by atoms with E-state index in [1.165, 1.54) is 0 Å². The maximum Gasteiger partial charge on any atom is 0.149 e. The Kier molecular flexibility index (Phi) is 4.35. The second-order valence-electron chi connectivity index (χ2n) is 3.87. The van der Waals surface area contributed by atoms with Gasteiger partial charge in [-0.1, -0.05) is 12.1 Å². The Morgan fingerprint density at radius 3 is 2.83 bits per heavy atom. The summed E-state index contributed by atoms with van der Waals surface area (Å²) in [6, 6.07) is 7.20. The molecule has 18 heavy (non-hydrogen) atoms. The molecular weight excluding hydrogens is 363 g/mol. The van der Waals surface area contributed by atoms with Gasteiger partial charge < -0.3 is 5.32 Å². The zero-order chi connectivity index (χ0) is 13.1. The molecule has 94 valence electrons. The first-order chi connectivity index (χ1) is 8.58. The van der Waals surface area contributed by atoms with Crippen LogP contribution in [0.2, 0.25) is 0 Å². The van der Waals surface area contributed by atoms with Crippen LogP contribution in [0, 0.1) is 12.7 Å². The average molecular weight is 374 g/mol. The van der Waals surface area contributed by atoms with E-state index in [2.05, 4.69) is 42.2 Å². The number of aromatic nitrogens is 1. The van der Waals surface area contributed by atoms with Gasteiger partial charge in [0, 0.05) is 15.1 Å². The third-order valence-corrected chi connectivity index (χ3v) is 3.64. The second-order valence-corrected chi connectivity index (χ2v) is 5.64. The van der Waals surface area contributed by atoms with Crippen LogP contribution in [0.5, 0.6) is 0 Å². The van der Waals surface area contributed by atoms with E-state index in [-0.39, 0.29) is 5.82 Å². The van der Waals surface area contributed by atoms with Crippen LogP contribution in [0.25, 0.3) is 0 Å². The molecular formula is C13H11Br2FN2. The summed E-state index contributed by atoms with van der Waals surface area (Å²) in [4.78, 5) is 4.27. The third kappa shape index (κ3) is 3.09. The molecule has 5 heteroatoms. The van der Waals surface area contributed by atoms with Crippen molar-refractivity contribution in [2.75, 3.05) is 5.32 Å². The molecule has 0 aliphatic carbocycles. The maximum absolute atomic E-state index is 13.8. The van der Waals surface area contributed by atoms with Gasteiger partial charge in [-0.05, 0) is 56.5 Å². The van der Waals surface area contributed by atoms with Gasteiger partial charge in [-0.25, -0.2) is 4.39 Å². The summed E-state index contributed by atoms with van der Waals surface area (Å²) >= 11 is 6.77. The van der Waals surface area contributed by atoms with Gasteiger partial charge in [0.15, 0.2) is 0 Å². The molecule has 0 saturated heterocycles. The van der Waals surface area contributed by atoms with Crippen LogP contribution in [0.4, 0.5) is 10.1 Å². The van der Waals surface area contributed by atoms with Gasteiger partial charge in [0.05, 0.1) is 17.9 Å². The highest BCUT2D eigenvalue weighted by Crippen LogP contribution is 2.22. The quantitative estimate of drug-likeness (QED) is 0.845. The Morgan fingerprint density at radius 2 is 2.11 bits per heavy atom. The van der Waals surface area contributed by atoms with Crippen molar-refractivity contribution in [2.45, 2.75) is 13.5 Å². The van der Waals surface area contributed by atoms with Crippen LogP contribution in [0.1, 0.15) is 11.3 Å². The van der Waals surface area contributed by atoms with E-state index in [0.717, 1.165) is 14.6 Å². The van der Waals surface area contributed by atoms with E-state index in [1.807, 2.05) is 12.1 Å². The molecule has 0 fully saturated rings. The summed E-state index contributed by atoms with van der Waals surface area (Å²) < 4.78 is 15.6. The summed E-state index contributed by atoms with van der Waals surface area (Å²) in [6.45, 7) is 2.21. The second kappa shape index (κ2) is 5.80. The highest BCUT2D eigenvalue weighted by Gasteiger charge is 2.06. The number of aryl methyl sites for hydroxylation is 1. The van der Waals surface area contributed by atoms with Crippen molar-refractivity contribution in [3.63, 3.8) is 0 Å². The van der Waals surface area contributed by atoms with Gasteiger partial charge in [0.25, 0.3) is 0 Å². The minimum atomic E-state index is -0.217. The molecule has 0 atom stereocenters. The minimum absolute atomic E-state index is 0.217. The van der Waals surface area contributed by atoms with Gasteiger partial charge in [-0.15, -0.1) is 0 Å². The van der Waals surface area contributed by atoms with Crippen molar-refractivity contribution in [1.82, 2.24) is 4.98 Å². The Balaban J connectivity index is 2.14. The predicted octanol–water partition coefficient (Wildman–Crippen LogP) is 4.67. The molecule has 2 rings (SSSR count). The number of nitrogens with one attached hydrogen (secondary N) is 1. The smallest absolute Gasteiger partial charge is 0.149 e. The van der Waals surface area contributed by atoms with E-state index in [4.69, 9.17) is 0 Å². The summed E-state index contributed by atoms with van der Waals surface area (Å²) in [5.41, 5.74) is 1.95. The Hall–Kier alpha value is -0.940. The summed E-state index contributed by atoms with van der Waals surface area (Å²) in [5.74, 6) is -0.217. The zero-order valence-electron chi connectivity index (χ0n) is 9.67. The van der Waals surface area contributed by atoms with Gasteiger partial charge in [0.2, 0.25) is 0 Å². The Labute approximate surface area is 122 Å². The van der Waals surface area contributed by atoms with E-state index in [1.54, 1.807) is 25.3 Å². The van der Waals surface area contributed by atoms with Crippen LogP contribution in [-0.4, -0.2) is 4.98 Å². The number of hydrogen-bond donors (Lipinski definition) is 1. The lowest BCUT2D eigenvalue weighted by atomic mass is 10.2. The maximum atomic E-state index is 13.8. The Bertz CT molecular complexity index is 573. The van der Waals surface area contributed by atoms with E-state index < -0.39 is 0 Å².